The van der Waals surface area contributed by atoms with Gasteiger partial charge in [0.05, 0.1) is 5.75 Å². The zero-order valence-electron chi connectivity index (χ0n) is 13.7. The first kappa shape index (κ1) is 16.7. The number of aryl methyl sites for hydroxylation is 1. The number of hydrogen-bond acceptors (Lipinski definition) is 5. The van der Waals surface area contributed by atoms with Crippen LogP contribution in [-0.4, -0.2) is 27.7 Å². The molecule has 124 valence electrons. The van der Waals surface area contributed by atoms with Gasteiger partial charge in [-0.15, -0.1) is 11.3 Å². The second kappa shape index (κ2) is 7.62. The first-order valence-corrected chi connectivity index (χ1v) is 10.1. The molecule has 0 aliphatic heterocycles. The Kier molecular flexibility index (Phi) is 5.54. The molecule has 1 amide bonds. The van der Waals surface area contributed by atoms with Crippen LogP contribution in [-0.2, 0) is 11.2 Å². The zero-order chi connectivity index (χ0) is 16.2. The molecule has 2 aromatic heterocycles. The van der Waals surface area contributed by atoms with Crippen LogP contribution < -0.4 is 5.32 Å². The maximum absolute atomic E-state index is 12.3. The van der Waals surface area contributed by atoms with Crippen LogP contribution in [0.4, 0.5) is 0 Å². The number of thioether (sulfide) groups is 1. The van der Waals surface area contributed by atoms with Gasteiger partial charge in [-0.1, -0.05) is 38.5 Å². The minimum Gasteiger partial charge on any atom is -0.352 e. The highest BCUT2D eigenvalue weighted by Crippen LogP contribution is 2.31. The van der Waals surface area contributed by atoms with Gasteiger partial charge in [0.15, 0.2) is 0 Å². The molecule has 0 aromatic carbocycles. The predicted molar refractivity (Wildman–Crippen MR) is 97.1 cm³/mol. The average Bonchev–Trinajstić information content (AvgIpc) is 2.99. The molecule has 23 heavy (non-hydrogen) atoms. The van der Waals surface area contributed by atoms with Crippen LogP contribution in [0.3, 0.4) is 0 Å². The van der Waals surface area contributed by atoms with Crippen molar-refractivity contribution < 1.29 is 4.79 Å². The number of carbonyl (C=O) groups excluding carboxylic acids is 1. The van der Waals surface area contributed by atoms with Gasteiger partial charge < -0.3 is 5.32 Å². The molecular formula is C17H23N3OS2. The number of aromatic nitrogens is 2. The average molecular weight is 350 g/mol. The molecule has 0 unspecified atom stereocenters. The number of nitrogens with one attached hydrogen (secondary N) is 1. The van der Waals surface area contributed by atoms with Crippen molar-refractivity contribution in [3.63, 3.8) is 0 Å². The lowest BCUT2D eigenvalue weighted by Crippen LogP contribution is -2.41. The molecule has 0 spiro atoms. The van der Waals surface area contributed by atoms with Crippen molar-refractivity contribution in [2.75, 3.05) is 5.75 Å². The lowest BCUT2D eigenvalue weighted by Gasteiger charge is -2.29. The van der Waals surface area contributed by atoms with E-state index in [1.54, 1.807) is 17.7 Å². The minimum absolute atomic E-state index is 0.117. The van der Waals surface area contributed by atoms with Crippen LogP contribution in [0.1, 0.15) is 44.4 Å². The fraction of sp³-hybridized carbons (Fsp3) is 0.588. The van der Waals surface area contributed by atoms with Crippen molar-refractivity contribution in [3.8, 4) is 0 Å². The molecule has 2 atom stereocenters. The second-order valence-corrected chi connectivity index (χ2v) is 8.27. The van der Waals surface area contributed by atoms with E-state index in [1.165, 1.54) is 35.9 Å². The van der Waals surface area contributed by atoms with Gasteiger partial charge in [0.2, 0.25) is 5.91 Å². The van der Waals surface area contributed by atoms with Gasteiger partial charge in [-0.05, 0) is 31.2 Å². The highest BCUT2D eigenvalue weighted by atomic mass is 32.2. The van der Waals surface area contributed by atoms with E-state index >= 15 is 0 Å². The van der Waals surface area contributed by atoms with Crippen LogP contribution in [0.15, 0.2) is 17.4 Å². The molecule has 2 aromatic rings. The summed E-state index contributed by atoms with van der Waals surface area (Å²) in [5.41, 5.74) is 0. The van der Waals surface area contributed by atoms with Crippen molar-refractivity contribution in [1.82, 2.24) is 15.3 Å². The largest absolute Gasteiger partial charge is 0.352 e. The Morgan fingerprint density at radius 3 is 3.00 bits per heavy atom. The van der Waals surface area contributed by atoms with Crippen molar-refractivity contribution >= 4 is 39.2 Å². The number of hydrogen-bond donors (Lipinski definition) is 1. The summed E-state index contributed by atoms with van der Waals surface area (Å²) < 4.78 is 0. The molecule has 4 nitrogen and oxygen atoms in total. The molecule has 0 saturated heterocycles. The van der Waals surface area contributed by atoms with Crippen molar-refractivity contribution in [1.29, 1.82) is 0 Å². The van der Waals surface area contributed by atoms with Crippen LogP contribution >= 0.6 is 23.1 Å². The SMILES string of the molecule is CCc1cc2c(SCC(=O)N[C@@H]3CCCC[C@H]3C)ncnc2s1. The van der Waals surface area contributed by atoms with Gasteiger partial charge >= 0.3 is 0 Å². The quantitative estimate of drug-likeness (QED) is 0.654. The molecule has 2 heterocycles. The first-order valence-electron chi connectivity index (χ1n) is 8.33. The molecule has 1 N–H and O–H groups in total. The van der Waals surface area contributed by atoms with Crippen LogP contribution in [0.2, 0.25) is 0 Å². The van der Waals surface area contributed by atoms with Gasteiger partial charge in [0.25, 0.3) is 0 Å². The highest BCUT2D eigenvalue weighted by molar-refractivity contribution is 8.00. The molecule has 0 bridgehead atoms. The monoisotopic (exact) mass is 349 g/mol. The Morgan fingerprint density at radius 2 is 2.22 bits per heavy atom. The molecule has 3 rings (SSSR count). The maximum atomic E-state index is 12.3. The predicted octanol–water partition coefficient (Wildman–Crippen LogP) is 4.04. The lowest BCUT2D eigenvalue weighted by molar-refractivity contribution is -0.119. The molecule has 6 heteroatoms. The molecular weight excluding hydrogens is 326 g/mol. The van der Waals surface area contributed by atoms with Crippen molar-refractivity contribution in [2.45, 2.75) is 57.0 Å². The first-order chi connectivity index (χ1) is 11.2. The van der Waals surface area contributed by atoms with E-state index in [0.29, 0.717) is 17.7 Å². The number of rotatable bonds is 5. The Labute approximate surface area is 145 Å². The van der Waals surface area contributed by atoms with E-state index in [2.05, 4.69) is 35.2 Å². The lowest BCUT2D eigenvalue weighted by atomic mass is 9.86. The third kappa shape index (κ3) is 4.04. The number of carbonyl (C=O) groups is 1. The van der Waals surface area contributed by atoms with Gasteiger partial charge in [0, 0.05) is 16.3 Å². The summed E-state index contributed by atoms with van der Waals surface area (Å²) in [6.45, 7) is 4.38. The number of thiophene rings is 1. The highest BCUT2D eigenvalue weighted by Gasteiger charge is 2.22. The van der Waals surface area contributed by atoms with Crippen molar-refractivity contribution in [3.05, 3.63) is 17.3 Å². The fourth-order valence-electron chi connectivity index (χ4n) is 3.09. The topological polar surface area (TPSA) is 54.9 Å². The summed E-state index contributed by atoms with van der Waals surface area (Å²) in [6.07, 6.45) is 7.45. The number of nitrogens with zero attached hydrogens (tertiary/aromatic N) is 2. The fourth-order valence-corrected chi connectivity index (χ4v) is 4.87. The van der Waals surface area contributed by atoms with Crippen LogP contribution in [0.25, 0.3) is 10.2 Å². The maximum Gasteiger partial charge on any atom is 0.230 e. The smallest absolute Gasteiger partial charge is 0.230 e. The van der Waals surface area contributed by atoms with Crippen LogP contribution in [0.5, 0.6) is 0 Å². The Morgan fingerprint density at radius 1 is 1.39 bits per heavy atom. The van der Waals surface area contributed by atoms with E-state index in [9.17, 15) is 4.79 Å². The molecule has 1 saturated carbocycles. The van der Waals surface area contributed by atoms with E-state index < -0.39 is 0 Å². The third-order valence-corrected chi connectivity index (χ3v) is 6.68. The molecule has 1 aliphatic rings. The number of amides is 1. The van der Waals surface area contributed by atoms with Gasteiger partial charge in [0.1, 0.15) is 16.2 Å². The molecule has 1 aliphatic carbocycles. The van der Waals surface area contributed by atoms with E-state index in [4.69, 9.17) is 0 Å². The van der Waals surface area contributed by atoms with E-state index in [0.717, 1.165) is 28.1 Å². The van der Waals surface area contributed by atoms with Gasteiger partial charge in [-0.25, -0.2) is 9.97 Å². The standard InChI is InChI=1S/C17H23N3OS2/c1-3-12-8-13-16(18-10-19-17(13)23-12)22-9-15(21)20-14-7-5-4-6-11(14)2/h8,10-11,14H,3-7,9H2,1-2H3,(H,20,21)/t11-,14-/m1/s1. The normalized spacial score (nSPS) is 21.5. The summed E-state index contributed by atoms with van der Waals surface area (Å²) in [6, 6.07) is 2.50. The Bertz CT molecular complexity index is 686. The van der Waals surface area contributed by atoms with E-state index in [1.807, 2.05) is 0 Å². The van der Waals surface area contributed by atoms with E-state index in [-0.39, 0.29) is 5.91 Å². The summed E-state index contributed by atoms with van der Waals surface area (Å²) in [5, 5.41) is 5.20. The minimum atomic E-state index is 0.117. The Hall–Kier alpha value is -1.14. The Balaban J connectivity index is 1.61. The summed E-state index contributed by atoms with van der Waals surface area (Å²) in [5.74, 6) is 1.13. The molecule has 1 fully saturated rings. The molecule has 0 radical (unpaired) electrons. The summed E-state index contributed by atoms with van der Waals surface area (Å²) >= 11 is 3.22. The van der Waals surface area contributed by atoms with Crippen LogP contribution in [0, 0.1) is 5.92 Å². The van der Waals surface area contributed by atoms with Gasteiger partial charge in [-0.2, -0.15) is 0 Å². The zero-order valence-corrected chi connectivity index (χ0v) is 15.3. The second-order valence-electron chi connectivity index (χ2n) is 6.19. The number of fused-ring (bicyclic) bond motifs is 1. The third-order valence-electron chi connectivity index (χ3n) is 4.49. The van der Waals surface area contributed by atoms with Gasteiger partial charge in [-0.3, -0.25) is 4.79 Å². The summed E-state index contributed by atoms with van der Waals surface area (Å²) in [7, 11) is 0. The summed E-state index contributed by atoms with van der Waals surface area (Å²) in [4.78, 5) is 23.3. The van der Waals surface area contributed by atoms with Crippen molar-refractivity contribution in [2.24, 2.45) is 5.92 Å².